The first-order chi connectivity index (χ1) is 17.4. The van der Waals surface area contributed by atoms with Crippen molar-refractivity contribution in [3.63, 3.8) is 0 Å². The predicted octanol–water partition coefficient (Wildman–Crippen LogP) is 5.49. The second-order valence-electron chi connectivity index (χ2n) is 8.27. The molecule has 4 aromatic rings. The zero-order valence-corrected chi connectivity index (χ0v) is 20.3. The van der Waals surface area contributed by atoms with Gasteiger partial charge in [0.2, 0.25) is 0 Å². The van der Waals surface area contributed by atoms with Crippen molar-refractivity contribution >= 4 is 34.4 Å². The molecule has 0 fully saturated rings. The average Bonchev–Trinajstić information content (AvgIpc) is 2.88. The number of aromatic nitrogens is 1. The lowest BCUT2D eigenvalue weighted by atomic mass is 9.97. The maximum absolute atomic E-state index is 13.2. The molecule has 7 nitrogen and oxygen atoms in total. The molecule has 0 saturated carbocycles. The Kier molecular flexibility index (Phi) is 7.39. The maximum atomic E-state index is 13.2. The van der Waals surface area contributed by atoms with Crippen molar-refractivity contribution in [2.45, 2.75) is 20.8 Å². The molecule has 3 aromatic carbocycles. The molecule has 0 bridgehead atoms. The molecule has 7 heteroatoms. The van der Waals surface area contributed by atoms with Gasteiger partial charge in [-0.2, -0.15) is 0 Å². The highest BCUT2D eigenvalue weighted by Gasteiger charge is 2.21. The predicted molar refractivity (Wildman–Crippen MR) is 138 cm³/mol. The van der Waals surface area contributed by atoms with Crippen LogP contribution in [-0.2, 0) is 14.3 Å². The van der Waals surface area contributed by atoms with E-state index in [1.807, 2.05) is 62.4 Å². The lowest BCUT2D eigenvalue weighted by Crippen LogP contribution is -2.21. The Labute approximate surface area is 209 Å². The fourth-order valence-electron chi connectivity index (χ4n) is 3.87. The third-order valence-corrected chi connectivity index (χ3v) is 5.68. The van der Waals surface area contributed by atoms with Crippen LogP contribution in [0.1, 0.15) is 38.8 Å². The number of ether oxygens (including phenoxy) is 2. The quantitative estimate of drug-likeness (QED) is 0.350. The Morgan fingerprint density at radius 2 is 1.53 bits per heavy atom. The molecule has 0 radical (unpaired) electrons. The number of carbonyl (C=O) groups is 3. The van der Waals surface area contributed by atoms with Crippen molar-refractivity contribution in [3.05, 3.63) is 95.1 Å². The summed E-state index contributed by atoms with van der Waals surface area (Å²) in [7, 11) is 0. The molecule has 36 heavy (non-hydrogen) atoms. The number of rotatable bonds is 7. The first-order valence-corrected chi connectivity index (χ1v) is 11.6. The number of nitrogens with zero attached hydrogens (tertiary/aromatic N) is 1. The molecule has 1 heterocycles. The lowest BCUT2D eigenvalue weighted by molar-refractivity contribution is -0.119. The molecule has 0 unspecified atom stereocenters. The Bertz CT molecular complexity index is 1430. The number of fused-ring (bicyclic) bond motifs is 1. The van der Waals surface area contributed by atoms with Crippen LogP contribution in [0.5, 0.6) is 0 Å². The summed E-state index contributed by atoms with van der Waals surface area (Å²) in [6.07, 6.45) is 0. The Morgan fingerprint density at radius 1 is 0.833 bits per heavy atom. The van der Waals surface area contributed by atoms with Gasteiger partial charge < -0.3 is 14.8 Å². The second kappa shape index (κ2) is 10.8. The van der Waals surface area contributed by atoms with Crippen LogP contribution in [0.2, 0.25) is 0 Å². The van der Waals surface area contributed by atoms with E-state index in [9.17, 15) is 14.4 Å². The Hall–Kier alpha value is -4.52. The van der Waals surface area contributed by atoms with E-state index in [1.165, 1.54) is 0 Å². The van der Waals surface area contributed by atoms with Gasteiger partial charge in [-0.1, -0.05) is 48.0 Å². The van der Waals surface area contributed by atoms with Crippen LogP contribution in [-0.4, -0.2) is 36.0 Å². The molecular weight excluding hydrogens is 456 g/mol. The zero-order chi connectivity index (χ0) is 25.7. The number of amides is 1. The number of hydrogen-bond donors (Lipinski definition) is 1. The topological polar surface area (TPSA) is 94.6 Å². The number of nitrogens with one attached hydrogen (secondary N) is 1. The molecule has 1 aromatic heterocycles. The molecule has 0 aliphatic carbocycles. The van der Waals surface area contributed by atoms with Crippen LogP contribution in [0.3, 0.4) is 0 Å². The van der Waals surface area contributed by atoms with Gasteiger partial charge in [-0.15, -0.1) is 0 Å². The molecule has 0 saturated heterocycles. The van der Waals surface area contributed by atoms with Crippen molar-refractivity contribution < 1.29 is 23.9 Å². The van der Waals surface area contributed by atoms with Gasteiger partial charge in [-0.25, -0.2) is 14.6 Å². The second-order valence-corrected chi connectivity index (χ2v) is 8.27. The van der Waals surface area contributed by atoms with Gasteiger partial charge in [0.25, 0.3) is 5.91 Å². The van der Waals surface area contributed by atoms with Gasteiger partial charge in [0, 0.05) is 16.6 Å². The van der Waals surface area contributed by atoms with Crippen molar-refractivity contribution in [2.75, 3.05) is 18.5 Å². The smallest absolute Gasteiger partial charge is 0.339 e. The van der Waals surface area contributed by atoms with Crippen LogP contribution in [0.15, 0.2) is 72.8 Å². The van der Waals surface area contributed by atoms with Crippen LogP contribution in [0, 0.1) is 13.8 Å². The highest BCUT2D eigenvalue weighted by atomic mass is 16.5. The Balaban J connectivity index is 1.51. The highest BCUT2D eigenvalue weighted by Crippen LogP contribution is 2.30. The summed E-state index contributed by atoms with van der Waals surface area (Å²) in [6.45, 7) is 5.38. The van der Waals surface area contributed by atoms with E-state index in [0.717, 1.165) is 11.1 Å². The number of aryl methyl sites for hydroxylation is 1. The molecule has 4 rings (SSSR count). The molecule has 0 aliphatic heterocycles. The van der Waals surface area contributed by atoms with Crippen LogP contribution < -0.4 is 5.32 Å². The van der Waals surface area contributed by atoms with Crippen molar-refractivity contribution in [3.8, 4) is 11.3 Å². The van der Waals surface area contributed by atoms with E-state index in [-0.39, 0.29) is 6.61 Å². The summed E-state index contributed by atoms with van der Waals surface area (Å²) in [6, 6.07) is 21.5. The van der Waals surface area contributed by atoms with Gasteiger partial charge >= 0.3 is 11.9 Å². The minimum absolute atomic E-state index is 0.279. The number of benzene rings is 3. The van der Waals surface area contributed by atoms with Crippen molar-refractivity contribution in [1.29, 1.82) is 0 Å². The number of para-hydroxylation sites is 1. The van der Waals surface area contributed by atoms with Gasteiger partial charge in [-0.05, 0) is 56.7 Å². The minimum atomic E-state index is -0.604. The van der Waals surface area contributed by atoms with Crippen molar-refractivity contribution in [2.24, 2.45) is 0 Å². The largest absolute Gasteiger partial charge is 0.462 e. The number of hydrogen-bond acceptors (Lipinski definition) is 6. The molecule has 1 amide bonds. The third-order valence-electron chi connectivity index (χ3n) is 5.68. The Morgan fingerprint density at radius 3 is 2.22 bits per heavy atom. The summed E-state index contributed by atoms with van der Waals surface area (Å²) in [5, 5.41) is 3.32. The third kappa shape index (κ3) is 5.41. The first kappa shape index (κ1) is 24.6. The fourth-order valence-corrected chi connectivity index (χ4v) is 3.87. The van der Waals surface area contributed by atoms with Crippen LogP contribution in [0.4, 0.5) is 5.69 Å². The highest BCUT2D eigenvalue weighted by molar-refractivity contribution is 6.07. The summed E-state index contributed by atoms with van der Waals surface area (Å²) >= 11 is 0. The number of esters is 2. The van der Waals surface area contributed by atoms with E-state index in [1.54, 1.807) is 31.2 Å². The zero-order valence-electron chi connectivity index (χ0n) is 20.3. The fraction of sp³-hybridized carbons (Fsp3) is 0.172. The summed E-state index contributed by atoms with van der Waals surface area (Å²) in [5.41, 5.74) is 5.27. The average molecular weight is 483 g/mol. The monoisotopic (exact) mass is 482 g/mol. The summed E-state index contributed by atoms with van der Waals surface area (Å²) < 4.78 is 10.4. The van der Waals surface area contributed by atoms with E-state index < -0.39 is 24.5 Å². The molecule has 1 N–H and O–H groups in total. The molecule has 0 atom stereocenters. The summed E-state index contributed by atoms with van der Waals surface area (Å²) in [4.78, 5) is 42.2. The van der Waals surface area contributed by atoms with Crippen molar-refractivity contribution in [1.82, 2.24) is 4.98 Å². The van der Waals surface area contributed by atoms with Gasteiger partial charge in [0.05, 0.1) is 28.9 Å². The molecule has 0 aliphatic rings. The molecular formula is C29H26N2O5. The summed E-state index contributed by atoms with van der Waals surface area (Å²) in [5.74, 6) is -1.54. The first-order valence-electron chi connectivity index (χ1n) is 11.6. The minimum Gasteiger partial charge on any atom is -0.462 e. The maximum Gasteiger partial charge on any atom is 0.339 e. The molecule has 182 valence electrons. The van der Waals surface area contributed by atoms with Gasteiger partial charge in [-0.3, -0.25) is 4.79 Å². The number of pyridine rings is 1. The van der Waals surface area contributed by atoms with E-state index in [4.69, 9.17) is 14.5 Å². The van der Waals surface area contributed by atoms with E-state index in [0.29, 0.717) is 39.0 Å². The van der Waals surface area contributed by atoms with Crippen LogP contribution >= 0.6 is 0 Å². The van der Waals surface area contributed by atoms with Crippen LogP contribution in [0.25, 0.3) is 22.2 Å². The number of carbonyl (C=O) groups excluding carboxylic acids is 3. The van der Waals surface area contributed by atoms with Gasteiger partial charge in [0.15, 0.2) is 6.61 Å². The standard InChI is InChI=1S/C29H26N2O5/c1-4-35-28(33)21-13-15-22(16-14-21)30-25(32)17-36-29(34)26-19(3)27(20-11-9-18(2)10-12-20)31-24-8-6-5-7-23(24)26/h5-16H,4,17H2,1-3H3,(H,30,32). The van der Waals surface area contributed by atoms with E-state index in [2.05, 4.69) is 5.32 Å². The van der Waals surface area contributed by atoms with Gasteiger partial charge in [0.1, 0.15) is 0 Å². The molecule has 0 spiro atoms. The lowest BCUT2D eigenvalue weighted by Gasteiger charge is -2.14. The van der Waals surface area contributed by atoms with E-state index >= 15 is 0 Å². The normalized spacial score (nSPS) is 10.6. The SMILES string of the molecule is CCOC(=O)c1ccc(NC(=O)COC(=O)c2c(C)c(-c3ccc(C)cc3)nc3ccccc23)cc1. The number of anilines is 1.